The summed E-state index contributed by atoms with van der Waals surface area (Å²) in [7, 11) is 0. The molecule has 1 amide bonds. The fraction of sp³-hybridized carbons (Fsp3) is 0.345. The van der Waals surface area contributed by atoms with Crippen molar-refractivity contribution in [1.29, 1.82) is 0 Å². The maximum Gasteiger partial charge on any atom is 0.228 e. The molecular formula is C29H32N2O. The number of amides is 1. The van der Waals surface area contributed by atoms with Gasteiger partial charge < -0.3 is 5.32 Å². The van der Waals surface area contributed by atoms with Gasteiger partial charge in [-0.15, -0.1) is 0 Å². The quantitative estimate of drug-likeness (QED) is 0.576. The van der Waals surface area contributed by atoms with Crippen LogP contribution in [0.5, 0.6) is 0 Å². The first-order valence-corrected chi connectivity index (χ1v) is 11.9. The van der Waals surface area contributed by atoms with E-state index in [2.05, 4.69) is 76.9 Å². The molecule has 32 heavy (non-hydrogen) atoms. The third-order valence-corrected chi connectivity index (χ3v) is 7.31. The molecule has 1 aliphatic heterocycles. The first-order valence-electron chi connectivity index (χ1n) is 11.9. The van der Waals surface area contributed by atoms with Crippen molar-refractivity contribution >= 4 is 5.91 Å². The average Bonchev–Trinajstić information content (AvgIpc) is 3.40. The number of fused-ring (bicyclic) bond motifs is 1. The summed E-state index contributed by atoms with van der Waals surface area (Å²) in [5.41, 5.74) is 3.68. The number of rotatable bonds is 7. The van der Waals surface area contributed by atoms with Crippen LogP contribution in [0.15, 0.2) is 91.0 Å². The van der Waals surface area contributed by atoms with Crippen LogP contribution < -0.4 is 5.32 Å². The molecular weight excluding hydrogens is 392 g/mol. The second-order valence-electron chi connectivity index (χ2n) is 9.45. The van der Waals surface area contributed by atoms with E-state index in [0.717, 1.165) is 38.0 Å². The molecule has 3 aromatic carbocycles. The van der Waals surface area contributed by atoms with E-state index in [0.29, 0.717) is 11.8 Å². The molecule has 0 bridgehead atoms. The maximum absolute atomic E-state index is 13.5. The highest BCUT2D eigenvalue weighted by Gasteiger charge is 2.43. The van der Waals surface area contributed by atoms with Crippen molar-refractivity contribution in [2.45, 2.75) is 37.8 Å². The van der Waals surface area contributed by atoms with Crippen LogP contribution in [0.4, 0.5) is 0 Å². The Hall–Kier alpha value is -2.91. The van der Waals surface area contributed by atoms with Crippen molar-refractivity contribution in [1.82, 2.24) is 10.2 Å². The number of hydrogen-bond acceptors (Lipinski definition) is 2. The van der Waals surface area contributed by atoms with E-state index in [-0.39, 0.29) is 17.9 Å². The van der Waals surface area contributed by atoms with Crippen molar-refractivity contribution in [2.75, 3.05) is 13.1 Å². The number of nitrogens with zero attached hydrogens (tertiary/aromatic N) is 1. The zero-order valence-corrected chi connectivity index (χ0v) is 18.6. The molecule has 164 valence electrons. The van der Waals surface area contributed by atoms with Crippen molar-refractivity contribution in [3.8, 4) is 0 Å². The highest BCUT2D eigenvalue weighted by atomic mass is 16.2. The number of hydrogen-bond donors (Lipinski definition) is 1. The Kier molecular flexibility index (Phi) is 6.36. The van der Waals surface area contributed by atoms with Gasteiger partial charge in [0.25, 0.3) is 0 Å². The topological polar surface area (TPSA) is 32.3 Å². The van der Waals surface area contributed by atoms with Crippen molar-refractivity contribution in [3.05, 3.63) is 108 Å². The molecule has 1 heterocycles. The number of benzene rings is 3. The Balaban J connectivity index is 1.26. The van der Waals surface area contributed by atoms with Gasteiger partial charge in [0.1, 0.15) is 0 Å². The Morgan fingerprint density at radius 2 is 1.44 bits per heavy atom. The summed E-state index contributed by atoms with van der Waals surface area (Å²) in [5, 5.41) is 3.49. The summed E-state index contributed by atoms with van der Waals surface area (Å²) in [6.07, 6.45) is 3.06. The molecule has 0 aromatic heterocycles. The van der Waals surface area contributed by atoms with Gasteiger partial charge in [0.05, 0.1) is 5.92 Å². The van der Waals surface area contributed by atoms with E-state index in [1.54, 1.807) is 0 Å². The van der Waals surface area contributed by atoms with Gasteiger partial charge in [0, 0.05) is 25.7 Å². The molecule has 1 aliphatic carbocycles. The summed E-state index contributed by atoms with van der Waals surface area (Å²) < 4.78 is 0. The highest BCUT2D eigenvalue weighted by Crippen LogP contribution is 2.39. The van der Waals surface area contributed by atoms with Gasteiger partial charge in [-0.1, -0.05) is 91.0 Å². The minimum Gasteiger partial charge on any atom is -0.352 e. The van der Waals surface area contributed by atoms with Gasteiger partial charge in [-0.2, -0.15) is 0 Å². The van der Waals surface area contributed by atoms with Crippen molar-refractivity contribution in [2.24, 2.45) is 11.8 Å². The SMILES string of the molecule is O=C(NC1CC[C@H]2CN(Cc3ccccc3)CC12)C(Cc1ccccc1)c1ccccc1. The number of carbonyl (C=O) groups excluding carboxylic acids is 1. The van der Waals surface area contributed by atoms with Crippen LogP contribution in [0.25, 0.3) is 0 Å². The van der Waals surface area contributed by atoms with E-state index in [9.17, 15) is 4.79 Å². The number of likely N-dealkylation sites (tertiary alicyclic amines) is 1. The zero-order valence-electron chi connectivity index (χ0n) is 18.6. The minimum atomic E-state index is -0.153. The van der Waals surface area contributed by atoms with Gasteiger partial charge in [-0.3, -0.25) is 9.69 Å². The molecule has 2 aliphatic rings. The van der Waals surface area contributed by atoms with Gasteiger partial charge in [-0.05, 0) is 47.8 Å². The summed E-state index contributed by atoms with van der Waals surface area (Å²) in [4.78, 5) is 16.1. The summed E-state index contributed by atoms with van der Waals surface area (Å²) in [5.74, 6) is 1.29. The molecule has 3 aromatic rings. The molecule has 0 spiro atoms. The lowest BCUT2D eigenvalue weighted by Gasteiger charge is -2.25. The summed E-state index contributed by atoms with van der Waals surface area (Å²) in [6.45, 7) is 3.24. The van der Waals surface area contributed by atoms with Crippen LogP contribution in [-0.2, 0) is 17.8 Å². The predicted octanol–water partition coefficient (Wildman–Crippen LogP) is 5.04. The standard InChI is InChI=1S/C29H32N2O/c32-29(26(24-14-8-3-9-15-24)18-22-10-4-1-5-11-22)30-28-17-16-25-20-31(21-27(25)28)19-23-12-6-2-7-13-23/h1-15,25-28H,16-21H2,(H,30,32)/t25-,26?,27?,28?/m0/s1. The van der Waals surface area contributed by atoms with Crippen LogP contribution >= 0.6 is 0 Å². The smallest absolute Gasteiger partial charge is 0.228 e. The van der Waals surface area contributed by atoms with Crippen LogP contribution in [0.2, 0.25) is 0 Å². The molecule has 2 fully saturated rings. The van der Waals surface area contributed by atoms with Crippen molar-refractivity contribution in [3.63, 3.8) is 0 Å². The number of carbonyl (C=O) groups is 1. The molecule has 1 N–H and O–H groups in total. The van der Waals surface area contributed by atoms with E-state index >= 15 is 0 Å². The van der Waals surface area contributed by atoms with E-state index < -0.39 is 0 Å². The summed E-state index contributed by atoms with van der Waals surface area (Å²) in [6, 6.07) is 31.6. The molecule has 4 atom stereocenters. The fourth-order valence-corrected chi connectivity index (χ4v) is 5.69. The lowest BCUT2D eigenvalue weighted by Crippen LogP contribution is -2.42. The molecule has 3 heteroatoms. The molecule has 3 unspecified atom stereocenters. The molecule has 5 rings (SSSR count). The summed E-state index contributed by atoms with van der Waals surface area (Å²) >= 11 is 0. The van der Waals surface area contributed by atoms with E-state index in [1.165, 1.54) is 17.5 Å². The monoisotopic (exact) mass is 424 g/mol. The Morgan fingerprint density at radius 3 is 2.12 bits per heavy atom. The maximum atomic E-state index is 13.5. The number of nitrogens with one attached hydrogen (secondary N) is 1. The van der Waals surface area contributed by atoms with E-state index in [4.69, 9.17) is 0 Å². The largest absolute Gasteiger partial charge is 0.352 e. The lowest BCUT2D eigenvalue weighted by molar-refractivity contribution is -0.123. The lowest BCUT2D eigenvalue weighted by atomic mass is 9.90. The third kappa shape index (κ3) is 4.78. The zero-order chi connectivity index (χ0) is 21.8. The van der Waals surface area contributed by atoms with Crippen LogP contribution in [0.3, 0.4) is 0 Å². The second-order valence-corrected chi connectivity index (χ2v) is 9.45. The Bertz CT molecular complexity index is 1010. The van der Waals surface area contributed by atoms with Gasteiger partial charge >= 0.3 is 0 Å². The van der Waals surface area contributed by atoms with Crippen LogP contribution in [0.1, 0.15) is 35.4 Å². The predicted molar refractivity (Wildman–Crippen MR) is 129 cm³/mol. The molecule has 3 nitrogen and oxygen atoms in total. The third-order valence-electron chi connectivity index (χ3n) is 7.31. The second kappa shape index (κ2) is 9.70. The minimum absolute atomic E-state index is 0.153. The molecule has 0 radical (unpaired) electrons. The first-order chi connectivity index (χ1) is 15.8. The molecule has 1 saturated heterocycles. The van der Waals surface area contributed by atoms with Gasteiger partial charge in [0.2, 0.25) is 5.91 Å². The highest BCUT2D eigenvalue weighted by molar-refractivity contribution is 5.84. The van der Waals surface area contributed by atoms with Crippen LogP contribution in [0, 0.1) is 11.8 Å². The van der Waals surface area contributed by atoms with Gasteiger partial charge in [-0.25, -0.2) is 0 Å². The average molecular weight is 425 g/mol. The first kappa shape index (κ1) is 21.0. The molecule has 1 saturated carbocycles. The Labute approximate surface area is 191 Å². The normalized spacial score (nSPS) is 23.6. The van der Waals surface area contributed by atoms with Crippen molar-refractivity contribution < 1.29 is 4.79 Å². The van der Waals surface area contributed by atoms with E-state index in [1.807, 2.05) is 24.3 Å². The fourth-order valence-electron chi connectivity index (χ4n) is 5.69. The van der Waals surface area contributed by atoms with Gasteiger partial charge in [0.15, 0.2) is 0 Å². The Morgan fingerprint density at radius 1 is 0.812 bits per heavy atom. The van der Waals surface area contributed by atoms with Crippen LogP contribution in [-0.4, -0.2) is 29.9 Å².